The molecule has 25 heavy (non-hydrogen) atoms. The zero-order valence-corrected chi connectivity index (χ0v) is 14.9. The fourth-order valence-electron chi connectivity index (χ4n) is 5.01. The van der Waals surface area contributed by atoms with E-state index in [2.05, 4.69) is 18.7 Å². The highest BCUT2D eigenvalue weighted by Gasteiger charge is 2.49. The first-order chi connectivity index (χ1) is 12.0. The SMILES string of the molecule is CC(C)N1C2CCC1CN(C(=O)C1CC1c1cccc(F)c1F)CC2. The summed E-state index contributed by atoms with van der Waals surface area (Å²) in [5, 5.41) is 0. The molecule has 0 radical (unpaired) electrons. The second-order valence-electron chi connectivity index (χ2n) is 8.09. The second kappa shape index (κ2) is 6.35. The topological polar surface area (TPSA) is 23.6 Å². The van der Waals surface area contributed by atoms with E-state index in [0.29, 0.717) is 30.1 Å². The molecule has 136 valence electrons. The van der Waals surface area contributed by atoms with Gasteiger partial charge in [0, 0.05) is 37.1 Å². The highest BCUT2D eigenvalue weighted by atomic mass is 19.2. The van der Waals surface area contributed by atoms with Gasteiger partial charge in [-0.1, -0.05) is 12.1 Å². The Hall–Kier alpha value is -1.49. The van der Waals surface area contributed by atoms with Crippen molar-refractivity contribution in [3.63, 3.8) is 0 Å². The van der Waals surface area contributed by atoms with Crippen molar-refractivity contribution in [1.82, 2.24) is 9.80 Å². The Balaban J connectivity index is 1.45. The Morgan fingerprint density at radius 3 is 2.68 bits per heavy atom. The van der Waals surface area contributed by atoms with Gasteiger partial charge in [-0.25, -0.2) is 8.78 Å². The number of benzene rings is 1. The third-order valence-corrected chi connectivity index (χ3v) is 6.24. The zero-order valence-electron chi connectivity index (χ0n) is 14.9. The van der Waals surface area contributed by atoms with E-state index in [1.165, 1.54) is 12.5 Å². The summed E-state index contributed by atoms with van der Waals surface area (Å²) in [6, 6.07) is 5.80. The van der Waals surface area contributed by atoms with Gasteiger partial charge in [0.05, 0.1) is 0 Å². The summed E-state index contributed by atoms with van der Waals surface area (Å²) in [7, 11) is 0. The molecular formula is C20H26F2N2O. The fraction of sp³-hybridized carbons (Fsp3) is 0.650. The Kier molecular flexibility index (Phi) is 4.30. The van der Waals surface area contributed by atoms with Crippen molar-refractivity contribution < 1.29 is 13.6 Å². The smallest absolute Gasteiger partial charge is 0.226 e. The number of carbonyl (C=O) groups is 1. The number of nitrogens with zero attached hydrogens (tertiary/aromatic N) is 2. The van der Waals surface area contributed by atoms with Gasteiger partial charge in [-0.15, -0.1) is 0 Å². The van der Waals surface area contributed by atoms with E-state index in [9.17, 15) is 13.6 Å². The summed E-state index contributed by atoms with van der Waals surface area (Å²) in [5.41, 5.74) is 0.360. The van der Waals surface area contributed by atoms with Crippen LogP contribution in [0.15, 0.2) is 18.2 Å². The molecule has 1 aliphatic carbocycles. The molecule has 5 heteroatoms. The fourth-order valence-corrected chi connectivity index (χ4v) is 5.01. The van der Waals surface area contributed by atoms with E-state index in [4.69, 9.17) is 0 Å². The zero-order chi connectivity index (χ0) is 17.7. The average Bonchev–Trinajstić information content (AvgIpc) is 3.28. The lowest BCUT2D eigenvalue weighted by Crippen LogP contribution is -2.44. The first-order valence-corrected chi connectivity index (χ1v) is 9.47. The predicted molar refractivity (Wildman–Crippen MR) is 92.2 cm³/mol. The molecule has 0 spiro atoms. The van der Waals surface area contributed by atoms with Gasteiger partial charge in [0.25, 0.3) is 0 Å². The molecule has 3 aliphatic rings. The van der Waals surface area contributed by atoms with E-state index in [1.807, 2.05) is 4.90 Å². The van der Waals surface area contributed by atoms with Crippen LogP contribution in [0.2, 0.25) is 0 Å². The molecule has 2 heterocycles. The van der Waals surface area contributed by atoms with Gasteiger partial charge in [-0.2, -0.15) is 0 Å². The quantitative estimate of drug-likeness (QED) is 0.834. The van der Waals surface area contributed by atoms with Crippen LogP contribution < -0.4 is 0 Å². The van der Waals surface area contributed by atoms with Gasteiger partial charge in [-0.3, -0.25) is 9.69 Å². The van der Waals surface area contributed by atoms with E-state index in [-0.39, 0.29) is 17.7 Å². The van der Waals surface area contributed by atoms with Crippen molar-refractivity contribution in [2.45, 2.75) is 63.6 Å². The van der Waals surface area contributed by atoms with Gasteiger partial charge in [0.1, 0.15) is 0 Å². The summed E-state index contributed by atoms with van der Waals surface area (Å²) in [5.74, 6) is -1.82. The van der Waals surface area contributed by atoms with Crippen LogP contribution in [-0.4, -0.2) is 46.9 Å². The predicted octanol–water partition coefficient (Wildman–Crippen LogP) is 3.54. The number of fused-ring (bicyclic) bond motifs is 2. The number of rotatable bonds is 3. The minimum atomic E-state index is -0.824. The van der Waals surface area contributed by atoms with Crippen LogP contribution in [0.25, 0.3) is 0 Å². The average molecular weight is 348 g/mol. The van der Waals surface area contributed by atoms with Crippen molar-refractivity contribution in [1.29, 1.82) is 0 Å². The number of likely N-dealkylation sites (tertiary alicyclic amines) is 1. The molecular weight excluding hydrogens is 322 g/mol. The number of carbonyl (C=O) groups excluding carboxylic acids is 1. The highest BCUT2D eigenvalue weighted by Crippen LogP contribution is 2.50. The maximum absolute atomic E-state index is 14.0. The van der Waals surface area contributed by atoms with Crippen molar-refractivity contribution in [2.24, 2.45) is 5.92 Å². The van der Waals surface area contributed by atoms with Crippen molar-refractivity contribution >= 4 is 5.91 Å². The van der Waals surface area contributed by atoms with Gasteiger partial charge in [-0.05, 0) is 57.1 Å². The van der Waals surface area contributed by atoms with E-state index >= 15 is 0 Å². The summed E-state index contributed by atoms with van der Waals surface area (Å²) >= 11 is 0. The normalized spacial score (nSPS) is 32.1. The van der Waals surface area contributed by atoms with Crippen molar-refractivity contribution in [3.8, 4) is 0 Å². The van der Waals surface area contributed by atoms with Crippen LogP contribution in [0.5, 0.6) is 0 Å². The maximum Gasteiger partial charge on any atom is 0.226 e. The Bertz CT molecular complexity index is 678. The van der Waals surface area contributed by atoms with Crippen molar-refractivity contribution in [3.05, 3.63) is 35.4 Å². The first kappa shape index (κ1) is 17.0. The minimum Gasteiger partial charge on any atom is -0.341 e. The highest BCUT2D eigenvalue weighted by molar-refractivity contribution is 5.83. The number of halogens is 2. The number of hydrogen-bond acceptors (Lipinski definition) is 2. The van der Waals surface area contributed by atoms with Crippen molar-refractivity contribution in [2.75, 3.05) is 13.1 Å². The molecule has 4 rings (SSSR count). The molecule has 1 aromatic rings. The molecule has 1 saturated carbocycles. The number of amides is 1. The molecule has 4 atom stereocenters. The van der Waals surface area contributed by atoms with Crippen LogP contribution in [-0.2, 0) is 4.79 Å². The minimum absolute atomic E-state index is 0.130. The molecule has 4 unspecified atom stereocenters. The summed E-state index contributed by atoms with van der Waals surface area (Å²) in [6.07, 6.45) is 4.04. The van der Waals surface area contributed by atoms with Gasteiger partial charge < -0.3 is 4.90 Å². The van der Waals surface area contributed by atoms with Crippen LogP contribution in [0.1, 0.15) is 51.0 Å². The maximum atomic E-state index is 14.0. The summed E-state index contributed by atoms with van der Waals surface area (Å²) in [4.78, 5) is 17.5. The summed E-state index contributed by atoms with van der Waals surface area (Å²) in [6.45, 7) is 6.03. The second-order valence-corrected chi connectivity index (χ2v) is 8.09. The molecule has 2 aliphatic heterocycles. The molecule has 2 saturated heterocycles. The molecule has 1 amide bonds. The van der Waals surface area contributed by atoms with Crippen LogP contribution in [0.3, 0.4) is 0 Å². The van der Waals surface area contributed by atoms with Gasteiger partial charge in [0.2, 0.25) is 5.91 Å². The first-order valence-electron chi connectivity index (χ1n) is 9.47. The van der Waals surface area contributed by atoms with E-state index in [0.717, 1.165) is 32.0 Å². The lowest BCUT2D eigenvalue weighted by molar-refractivity contribution is -0.133. The molecule has 3 nitrogen and oxygen atoms in total. The third-order valence-electron chi connectivity index (χ3n) is 6.24. The van der Waals surface area contributed by atoms with Crippen LogP contribution in [0, 0.1) is 17.6 Å². The van der Waals surface area contributed by atoms with E-state index < -0.39 is 11.6 Å². The monoisotopic (exact) mass is 348 g/mol. The molecule has 0 N–H and O–H groups in total. The molecule has 1 aromatic carbocycles. The lowest BCUT2D eigenvalue weighted by Gasteiger charge is -2.32. The molecule has 3 fully saturated rings. The lowest BCUT2D eigenvalue weighted by atomic mass is 10.1. The van der Waals surface area contributed by atoms with Crippen LogP contribution >= 0.6 is 0 Å². The Morgan fingerprint density at radius 2 is 1.92 bits per heavy atom. The van der Waals surface area contributed by atoms with E-state index in [1.54, 1.807) is 6.07 Å². The summed E-state index contributed by atoms with van der Waals surface area (Å²) < 4.78 is 27.4. The van der Waals surface area contributed by atoms with Gasteiger partial charge >= 0.3 is 0 Å². The Morgan fingerprint density at radius 1 is 1.16 bits per heavy atom. The largest absolute Gasteiger partial charge is 0.341 e. The number of hydrogen-bond donors (Lipinski definition) is 0. The van der Waals surface area contributed by atoms with Gasteiger partial charge in [0.15, 0.2) is 11.6 Å². The van der Waals surface area contributed by atoms with Crippen LogP contribution in [0.4, 0.5) is 8.78 Å². The molecule has 0 aromatic heterocycles. The molecule has 2 bridgehead atoms. The third kappa shape index (κ3) is 2.97. The standard InChI is InChI=1S/C20H26F2N2O/c1-12(2)24-13-6-7-14(24)11-23(9-8-13)20(25)17-10-16(17)15-4-3-5-18(21)19(15)22/h3-5,12-14,16-17H,6-11H2,1-2H3. The Labute approximate surface area is 148 Å².